The molecule has 1 unspecified atom stereocenters. The first-order chi connectivity index (χ1) is 6.02. The standard InChI is InChI=1S/C9H7BrCl2O/c1-5(10)6-2-3-7(9(12)13)8(11)4-6/h2-5H,1H3. The monoisotopic (exact) mass is 280 g/mol. The quantitative estimate of drug-likeness (QED) is 0.587. The number of carbonyl (C=O) groups is 1. The fourth-order valence-electron chi connectivity index (χ4n) is 0.938. The van der Waals surface area contributed by atoms with Crippen molar-refractivity contribution in [3.63, 3.8) is 0 Å². The summed E-state index contributed by atoms with van der Waals surface area (Å²) in [4.78, 5) is 11.0. The highest BCUT2D eigenvalue weighted by atomic mass is 79.9. The average molecular weight is 282 g/mol. The van der Waals surface area contributed by atoms with E-state index in [2.05, 4.69) is 15.9 Å². The molecule has 0 saturated carbocycles. The van der Waals surface area contributed by atoms with Crippen molar-refractivity contribution in [3.8, 4) is 0 Å². The Kier molecular flexibility index (Phi) is 3.77. The number of alkyl halides is 1. The van der Waals surface area contributed by atoms with Crippen LogP contribution in [0, 0.1) is 0 Å². The first kappa shape index (κ1) is 11.0. The lowest BCUT2D eigenvalue weighted by molar-refractivity contribution is 0.108. The first-order valence-electron chi connectivity index (χ1n) is 3.65. The molecule has 0 amide bonds. The molecule has 13 heavy (non-hydrogen) atoms. The van der Waals surface area contributed by atoms with E-state index >= 15 is 0 Å². The largest absolute Gasteiger partial charge is 0.276 e. The van der Waals surface area contributed by atoms with E-state index in [0.717, 1.165) is 5.56 Å². The number of hydrogen-bond acceptors (Lipinski definition) is 1. The van der Waals surface area contributed by atoms with Gasteiger partial charge in [0.1, 0.15) is 0 Å². The van der Waals surface area contributed by atoms with Crippen LogP contribution in [0.15, 0.2) is 18.2 Å². The molecule has 1 aromatic carbocycles. The zero-order chi connectivity index (χ0) is 10.0. The average Bonchev–Trinajstić information content (AvgIpc) is 2.03. The van der Waals surface area contributed by atoms with Gasteiger partial charge in [-0.15, -0.1) is 0 Å². The van der Waals surface area contributed by atoms with Crippen LogP contribution in [0.5, 0.6) is 0 Å². The molecule has 0 aliphatic heterocycles. The molecule has 1 rings (SSSR count). The van der Waals surface area contributed by atoms with Gasteiger partial charge in [0.25, 0.3) is 5.24 Å². The van der Waals surface area contributed by atoms with Crippen molar-refractivity contribution in [1.82, 2.24) is 0 Å². The van der Waals surface area contributed by atoms with Crippen LogP contribution in [0.25, 0.3) is 0 Å². The topological polar surface area (TPSA) is 17.1 Å². The molecule has 0 fully saturated rings. The predicted octanol–water partition coefficient (Wildman–Crippen LogP) is 4.17. The molecule has 0 aliphatic rings. The van der Waals surface area contributed by atoms with Gasteiger partial charge in [0.2, 0.25) is 0 Å². The number of carbonyl (C=O) groups excluding carboxylic acids is 1. The van der Waals surface area contributed by atoms with Gasteiger partial charge >= 0.3 is 0 Å². The highest BCUT2D eigenvalue weighted by Crippen LogP contribution is 2.27. The van der Waals surface area contributed by atoms with Gasteiger partial charge in [-0.3, -0.25) is 4.79 Å². The fraction of sp³-hybridized carbons (Fsp3) is 0.222. The van der Waals surface area contributed by atoms with Crippen LogP contribution >= 0.6 is 39.1 Å². The van der Waals surface area contributed by atoms with Crippen LogP contribution in [0.2, 0.25) is 5.02 Å². The summed E-state index contributed by atoms with van der Waals surface area (Å²) in [6.07, 6.45) is 0. The van der Waals surface area contributed by atoms with Crippen molar-refractivity contribution in [2.24, 2.45) is 0 Å². The summed E-state index contributed by atoms with van der Waals surface area (Å²) in [5, 5.41) is -0.137. The molecule has 1 nitrogen and oxygen atoms in total. The third kappa shape index (κ3) is 2.70. The van der Waals surface area contributed by atoms with Gasteiger partial charge in [-0.1, -0.05) is 33.6 Å². The Balaban J connectivity index is 3.13. The molecule has 0 aromatic heterocycles. The van der Waals surface area contributed by atoms with Crippen LogP contribution in [0.4, 0.5) is 0 Å². The molecule has 0 aliphatic carbocycles. The van der Waals surface area contributed by atoms with Crippen LogP contribution in [0.1, 0.15) is 27.7 Å². The van der Waals surface area contributed by atoms with E-state index in [1.54, 1.807) is 12.1 Å². The van der Waals surface area contributed by atoms with Gasteiger partial charge in [-0.05, 0) is 36.2 Å². The van der Waals surface area contributed by atoms with Crippen molar-refractivity contribution < 1.29 is 4.79 Å². The molecule has 0 N–H and O–H groups in total. The Morgan fingerprint density at radius 2 is 2.15 bits per heavy atom. The van der Waals surface area contributed by atoms with E-state index in [-0.39, 0.29) is 4.83 Å². The zero-order valence-corrected chi connectivity index (χ0v) is 9.95. The van der Waals surface area contributed by atoms with E-state index in [1.165, 1.54) is 0 Å². The van der Waals surface area contributed by atoms with Gasteiger partial charge in [-0.25, -0.2) is 0 Å². The molecule has 0 saturated heterocycles. The Morgan fingerprint density at radius 3 is 2.54 bits per heavy atom. The van der Waals surface area contributed by atoms with Crippen LogP contribution in [0.3, 0.4) is 0 Å². The maximum Gasteiger partial charge on any atom is 0.253 e. The molecular weight excluding hydrogens is 275 g/mol. The van der Waals surface area contributed by atoms with Crippen molar-refractivity contribution >= 4 is 44.4 Å². The van der Waals surface area contributed by atoms with Crippen LogP contribution in [-0.4, -0.2) is 5.24 Å². The Hall–Kier alpha value is -0.0500. The lowest BCUT2D eigenvalue weighted by atomic mass is 10.1. The van der Waals surface area contributed by atoms with Gasteiger partial charge in [0, 0.05) is 4.83 Å². The van der Waals surface area contributed by atoms with Crippen molar-refractivity contribution in [1.29, 1.82) is 0 Å². The molecular formula is C9H7BrCl2O. The molecule has 0 spiro atoms. The molecule has 70 valence electrons. The van der Waals surface area contributed by atoms with Crippen molar-refractivity contribution in [3.05, 3.63) is 34.3 Å². The lowest BCUT2D eigenvalue weighted by Gasteiger charge is -2.05. The Labute approximate surface area is 95.2 Å². The fourth-order valence-corrected chi connectivity index (χ4v) is 1.71. The van der Waals surface area contributed by atoms with Crippen LogP contribution < -0.4 is 0 Å². The molecule has 0 bridgehead atoms. The summed E-state index contributed by atoms with van der Waals surface area (Å²) in [5.41, 5.74) is 1.37. The SMILES string of the molecule is CC(Br)c1ccc(C(=O)Cl)c(Cl)c1. The molecule has 4 heteroatoms. The summed E-state index contributed by atoms with van der Waals surface area (Å²) in [5.74, 6) is 0. The smallest absolute Gasteiger partial charge is 0.253 e. The molecule has 0 radical (unpaired) electrons. The molecule has 0 heterocycles. The highest BCUT2D eigenvalue weighted by molar-refractivity contribution is 9.09. The highest BCUT2D eigenvalue weighted by Gasteiger charge is 2.09. The maximum absolute atomic E-state index is 10.8. The Morgan fingerprint density at radius 1 is 1.54 bits per heavy atom. The Bertz CT molecular complexity index is 336. The molecule has 1 atom stereocenters. The number of rotatable bonds is 2. The maximum atomic E-state index is 10.8. The third-order valence-corrected chi connectivity index (χ3v) is 2.71. The third-order valence-electron chi connectivity index (χ3n) is 1.66. The van der Waals surface area contributed by atoms with Gasteiger partial charge in [-0.2, -0.15) is 0 Å². The lowest BCUT2D eigenvalue weighted by Crippen LogP contribution is -1.92. The van der Waals surface area contributed by atoms with E-state index in [9.17, 15) is 4.79 Å². The number of benzene rings is 1. The summed E-state index contributed by atoms with van der Waals surface area (Å²) < 4.78 is 0. The van der Waals surface area contributed by atoms with Crippen molar-refractivity contribution in [2.75, 3.05) is 0 Å². The zero-order valence-electron chi connectivity index (χ0n) is 6.85. The number of hydrogen-bond donors (Lipinski definition) is 0. The normalized spacial score (nSPS) is 12.6. The second-order valence-corrected chi connectivity index (χ2v) is 4.75. The van der Waals surface area contributed by atoms with E-state index in [0.29, 0.717) is 10.6 Å². The first-order valence-corrected chi connectivity index (χ1v) is 5.33. The summed E-state index contributed by atoms with van der Waals surface area (Å²) in [6, 6.07) is 5.18. The second kappa shape index (κ2) is 4.45. The minimum Gasteiger partial charge on any atom is -0.276 e. The minimum atomic E-state index is -0.529. The van der Waals surface area contributed by atoms with Crippen molar-refractivity contribution in [2.45, 2.75) is 11.8 Å². The predicted molar refractivity (Wildman–Crippen MR) is 59.0 cm³/mol. The molecule has 1 aromatic rings. The second-order valence-electron chi connectivity index (χ2n) is 2.63. The van der Waals surface area contributed by atoms with Gasteiger partial charge < -0.3 is 0 Å². The number of halogens is 3. The minimum absolute atomic E-state index is 0.212. The summed E-state index contributed by atoms with van der Waals surface area (Å²) in [7, 11) is 0. The van der Waals surface area contributed by atoms with E-state index in [4.69, 9.17) is 23.2 Å². The van der Waals surface area contributed by atoms with Gasteiger partial charge in [0.15, 0.2) is 0 Å². The van der Waals surface area contributed by atoms with E-state index in [1.807, 2.05) is 13.0 Å². The van der Waals surface area contributed by atoms with Gasteiger partial charge in [0.05, 0.1) is 10.6 Å². The summed E-state index contributed by atoms with van der Waals surface area (Å²) >= 11 is 14.5. The van der Waals surface area contributed by atoms with E-state index < -0.39 is 5.24 Å². The van der Waals surface area contributed by atoms with Crippen LogP contribution in [-0.2, 0) is 0 Å². The summed E-state index contributed by atoms with van der Waals surface area (Å²) in [6.45, 7) is 1.98.